The first kappa shape index (κ1) is 23.6. The van der Waals surface area contributed by atoms with Gasteiger partial charge in [-0.25, -0.2) is 4.98 Å². The largest absolute Gasteiger partial charge is 0.493 e. The molecule has 1 N–H and O–H groups in total. The molecule has 1 aromatic heterocycles. The van der Waals surface area contributed by atoms with Crippen molar-refractivity contribution < 1.29 is 19.1 Å². The fraction of sp³-hybridized carbons (Fsp3) is 0.308. The van der Waals surface area contributed by atoms with Crippen LogP contribution in [0.25, 0.3) is 0 Å². The number of nitrogens with zero attached hydrogens (tertiary/aromatic N) is 2. The van der Waals surface area contributed by atoms with Crippen molar-refractivity contribution in [2.45, 2.75) is 39.7 Å². The third-order valence-corrected chi connectivity index (χ3v) is 6.60. The molecule has 0 unspecified atom stereocenters. The number of aromatic nitrogens is 1. The summed E-state index contributed by atoms with van der Waals surface area (Å²) in [7, 11) is 0. The number of rotatable bonds is 10. The van der Waals surface area contributed by atoms with E-state index in [4.69, 9.17) is 4.74 Å². The molecule has 0 atom stereocenters. The van der Waals surface area contributed by atoms with E-state index in [9.17, 15) is 14.4 Å². The highest BCUT2D eigenvalue weighted by molar-refractivity contribution is 7.09. The zero-order valence-corrected chi connectivity index (χ0v) is 20.1. The Hall–Kier alpha value is -3.52. The second-order valence-corrected chi connectivity index (χ2v) is 9.04. The van der Waals surface area contributed by atoms with E-state index in [-0.39, 0.29) is 24.3 Å². The number of hydrogen-bond donors (Lipinski definition) is 1. The number of imide groups is 1. The molecule has 0 bridgehead atoms. The van der Waals surface area contributed by atoms with Crippen LogP contribution in [-0.4, -0.2) is 40.8 Å². The molecule has 2 aromatic carbocycles. The van der Waals surface area contributed by atoms with Gasteiger partial charge in [0.1, 0.15) is 5.75 Å². The Morgan fingerprint density at radius 1 is 1.09 bits per heavy atom. The maximum atomic E-state index is 12.9. The van der Waals surface area contributed by atoms with Gasteiger partial charge < -0.3 is 10.1 Å². The average Bonchev–Trinajstić information content (AvgIpc) is 3.36. The normalized spacial score (nSPS) is 12.7. The van der Waals surface area contributed by atoms with E-state index in [1.54, 1.807) is 53.8 Å². The molecular formula is C26H27N3O4S. The summed E-state index contributed by atoms with van der Waals surface area (Å²) in [6, 6.07) is 12.0. The van der Waals surface area contributed by atoms with Gasteiger partial charge in [0.05, 0.1) is 34.8 Å². The number of carbonyl (C=O) groups is 3. The van der Waals surface area contributed by atoms with Crippen molar-refractivity contribution in [3.8, 4) is 5.75 Å². The SMILES string of the molecule is CCOc1ccc(CN2C(=O)c3ccccc3C2=O)cc1C(=O)NCCCCc1nc(C)cs1. The highest BCUT2D eigenvalue weighted by Crippen LogP contribution is 2.26. The Bertz CT molecular complexity index is 1190. The summed E-state index contributed by atoms with van der Waals surface area (Å²) in [6.45, 7) is 4.89. The minimum atomic E-state index is -0.323. The van der Waals surface area contributed by atoms with Crippen LogP contribution in [0.3, 0.4) is 0 Å². The van der Waals surface area contributed by atoms with E-state index in [2.05, 4.69) is 10.3 Å². The lowest BCUT2D eigenvalue weighted by Crippen LogP contribution is -2.29. The Labute approximate surface area is 202 Å². The molecule has 1 aliphatic heterocycles. The molecule has 8 heteroatoms. The van der Waals surface area contributed by atoms with Gasteiger partial charge in [-0.2, -0.15) is 0 Å². The third kappa shape index (κ3) is 5.17. The Kier molecular flexibility index (Phi) is 7.37. The Morgan fingerprint density at radius 3 is 2.47 bits per heavy atom. The number of benzene rings is 2. The number of thiazole rings is 1. The monoisotopic (exact) mass is 477 g/mol. The van der Waals surface area contributed by atoms with Crippen LogP contribution in [0.2, 0.25) is 0 Å². The average molecular weight is 478 g/mol. The van der Waals surface area contributed by atoms with Crippen molar-refractivity contribution in [1.29, 1.82) is 0 Å². The fourth-order valence-electron chi connectivity index (χ4n) is 3.92. The lowest BCUT2D eigenvalue weighted by atomic mass is 10.1. The van der Waals surface area contributed by atoms with E-state index in [1.807, 2.05) is 19.2 Å². The van der Waals surface area contributed by atoms with Crippen molar-refractivity contribution in [3.05, 3.63) is 80.8 Å². The van der Waals surface area contributed by atoms with Crippen molar-refractivity contribution >= 4 is 29.1 Å². The molecule has 0 spiro atoms. The van der Waals surface area contributed by atoms with Gasteiger partial charge in [0.2, 0.25) is 0 Å². The molecule has 0 saturated heterocycles. The quantitative estimate of drug-likeness (QED) is 0.345. The molecule has 2 heterocycles. The number of carbonyl (C=O) groups excluding carboxylic acids is 3. The van der Waals surface area contributed by atoms with E-state index < -0.39 is 0 Å². The van der Waals surface area contributed by atoms with Crippen molar-refractivity contribution in [1.82, 2.24) is 15.2 Å². The molecule has 176 valence electrons. The number of fused-ring (bicyclic) bond motifs is 1. The molecule has 0 radical (unpaired) electrons. The van der Waals surface area contributed by atoms with Crippen LogP contribution in [-0.2, 0) is 13.0 Å². The van der Waals surface area contributed by atoms with Gasteiger partial charge in [0.25, 0.3) is 17.7 Å². The predicted octanol–water partition coefficient (Wildman–Crippen LogP) is 4.40. The van der Waals surface area contributed by atoms with Gasteiger partial charge >= 0.3 is 0 Å². The van der Waals surface area contributed by atoms with E-state index in [0.29, 0.717) is 41.2 Å². The predicted molar refractivity (Wildman–Crippen MR) is 130 cm³/mol. The molecule has 34 heavy (non-hydrogen) atoms. The minimum Gasteiger partial charge on any atom is -0.493 e. The maximum absolute atomic E-state index is 12.9. The van der Waals surface area contributed by atoms with Crippen LogP contribution in [0.15, 0.2) is 47.8 Å². The molecule has 0 saturated carbocycles. The van der Waals surface area contributed by atoms with Crippen LogP contribution in [0, 0.1) is 6.92 Å². The van der Waals surface area contributed by atoms with Gasteiger partial charge in [0.15, 0.2) is 0 Å². The highest BCUT2D eigenvalue weighted by atomic mass is 32.1. The maximum Gasteiger partial charge on any atom is 0.261 e. The Morgan fingerprint density at radius 2 is 1.82 bits per heavy atom. The lowest BCUT2D eigenvalue weighted by molar-refractivity contribution is 0.0642. The summed E-state index contributed by atoms with van der Waals surface area (Å²) in [6.07, 6.45) is 2.67. The fourth-order valence-corrected chi connectivity index (χ4v) is 4.73. The van der Waals surface area contributed by atoms with Crippen molar-refractivity contribution in [2.75, 3.05) is 13.2 Å². The molecule has 3 aromatic rings. The van der Waals surface area contributed by atoms with Crippen LogP contribution in [0.5, 0.6) is 5.75 Å². The number of amides is 3. The molecular weight excluding hydrogens is 450 g/mol. The van der Waals surface area contributed by atoms with Crippen molar-refractivity contribution in [3.63, 3.8) is 0 Å². The van der Waals surface area contributed by atoms with E-state index in [1.165, 1.54) is 4.90 Å². The zero-order chi connectivity index (χ0) is 24.1. The summed E-state index contributed by atoms with van der Waals surface area (Å²) in [5.41, 5.74) is 2.93. The summed E-state index contributed by atoms with van der Waals surface area (Å²) in [5, 5.41) is 6.12. The Balaban J connectivity index is 1.40. The van der Waals surface area contributed by atoms with Gasteiger partial charge in [-0.3, -0.25) is 19.3 Å². The summed E-state index contributed by atoms with van der Waals surface area (Å²) < 4.78 is 5.65. The second kappa shape index (κ2) is 10.6. The van der Waals surface area contributed by atoms with Crippen LogP contribution in [0.4, 0.5) is 0 Å². The van der Waals surface area contributed by atoms with Gasteiger partial charge in [-0.05, 0) is 62.9 Å². The van der Waals surface area contributed by atoms with Crippen molar-refractivity contribution in [2.24, 2.45) is 0 Å². The zero-order valence-electron chi connectivity index (χ0n) is 19.3. The first-order valence-corrected chi connectivity index (χ1v) is 12.3. The second-order valence-electron chi connectivity index (χ2n) is 8.10. The minimum absolute atomic E-state index is 0.0895. The molecule has 3 amide bonds. The standard InChI is InChI=1S/C26H27N3O4S/c1-3-33-22-12-11-18(15-29-25(31)19-8-4-5-9-20(19)26(29)32)14-21(22)24(30)27-13-7-6-10-23-28-17(2)16-34-23/h4-5,8-9,11-12,14,16H,3,6-7,10,13,15H2,1-2H3,(H,27,30). The topological polar surface area (TPSA) is 88.6 Å². The molecule has 7 nitrogen and oxygen atoms in total. The van der Waals surface area contributed by atoms with Gasteiger partial charge in [-0.1, -0.05) is 18.2 Å². The molecule has 1 aliphatic rings. The number of nitrogens with one attached hydrogen (secondary N) is 1. The summed E-state index contributed by atoms with van der Waals surface area (Å²) >= 11 is 1.66. The number of ether oxygens (including phenoxy) is 1. The summed E-state index contributed by atoms with van der Waals surface area (Å²) in [5.74, 6) is -0.408. The van der Waals surface area contributed by atoms with Gasteiger partial charge in [0, 0.05) is 17.6 Å². The van der Waals surface area contributed by atoms with E-state index in [0.717, 1.165) is 30.0 Å². The highest BCUT2D eigenvalue weighted by Gasteiger charge is 2.35. The number of unbranched alkanes of at least 4 members (excludes halogenated alkanes) is 1. The molecule has 4 rings (SSSR count). The van der Waals surface area contributed by atoms with Crippen LogP contribution in [0.1, 0.15) is 67.1 Å². The summed E-state index contributed by atoms with van der Waals surface area (Å²) in [4.78, 5) is 44.0. The lowest BCUT2D eigenvalue weighted by Gasteiger charge is -2.16. The first-order chi connectivity index (χ1) is 16.5. The third-order valence-electron chi connectivity index (χ3n) is 5.58. The smallest absolute Gasteiger partial charge is 0.261 e. The van der Waals surface area contributed by atoms with Crippen LogP contribution < -0.4 is 10.1 Å². The van der Waals surface area contributed by atoms with Gasteiger partial charge in [-0.15, -0.1) is 11.3 Å². The van der Waals surface area contributed by atoms with E-state index >= 15 is 0 Å². The first-order valence-electron chi connectivity index (χ1n) is 11.4. The number of aryl methyl sites for hydroxylation is 2. The number of hydrogen-bond acceptors (Lipinski definition) is 6. The van der Waals surface area contributed by atoms with Crippen LogP contribution >= 0.6 is 11.3 Å². The molecule has 0 fully saturated rings. The molecule has 0 aliphatic carbocycles.